The number of likely N-dealkylation sites (tertiary alicyclic amines) is 1. The molecule has 33 heavy (non-hydrogen) atoms. The van der Waals surface area contributed by atoms with Crippen molar-refractivity contribution < 1.29 is 9.53 Å². The number of hydrogen-bond acceptors (Lipinski definition) is 4. The fraction of sp³-hybridized carbons (Fsp3) is 0.296. The van der Waals surface area contributed by atoms with Gasteiger partial charge in [-0.15, -0.1) is 5.10 Å². The monoisotopic (exact) mass is 440 g/mol. The van der Waals surface area contributed by atoms with E-state index in [-0.39, 0.29) is 5.91 Å². The van der Waals surface area contributed by atoms with Crippen molar-refractivity contribution in [2.24, 2.45) is 5.92 Å². The Morgan fingerprint density at radius 1 is 0.970 bits per heavy atom. The van der Waals surface area contributed by atoms with Gasteiger partial charge >= 0.3 is 0 Å². The third-order valence-electron chi connectivity index (χ3n) is 6.52. The molecule has 6 nitrogen and oxygen atoms in total. The number of carbonyl (C=O) groups excluding carboxylic acids is 1. The molecule has 168 valence electrons. The Balaban J connectivity index is 1.23. The second-order valence-corrected chi connectivity index (χ2v) is 8.72. The molecule has 5 rings (SSSR count). The summed E-state index contributed by atoms with van der Waals surface area (Å²) in [6.07, 6.45) is 3.17. The number of rotatable bonds is 6. The second-order valence-electron chi connectivity index (χ2n) is 8.72. The maximum absolute atomic E-state index is 13.1. The summed E-state index contributed by atoms with van der Waals surface area (Å²) in [5.74, 6) is 1.55. The normalized spacial score (nSPS) is 14.5. The van der Waals surface area contributed by atoms with Crippen LogP contribution in [0.2, 0.25) is 0 Å². The number of nitrogens with zero attached hydrogens (tertiary/aromatic N) is 4. The number of aromatic nitrogens is 3. The summed E-state index contributed by atoms with van der Waals surface area (Å²) in [7, 11) is 1.66. The highest BCUT2D eigenvalue weighted by molar-refractivity contribution is 5.97. The van der Waals surface area contributed by atoms with Crippen LogP contribution in [0.5, 0.6) is 5.75 Å². The van der Waals surface area contributed by atoms with Crippen LogP contribution in [0.4, 0.5) is 0 Å². The summed E-state index contributed by atoms with van der Waals surface area (Å²) in [6, 6.07) is 24.3. The van der Waals surface area contributed by atoms with Gasteiger partial charge in [-0.1, -0.05) is 47.7 Å². The highest BCUT2D eigenvalue weighted by Crippen LogP contribution is 2.24. The summed E-state index contributed by atoms with van der Waals surface area (Å²) in [6.45, 7) is 2.22. The average molecular weight is 441 g/mol. The van der Waals surface area contributed by atoms with E-state index in [2.05, 4.69) is 40.6 Å². The molecule has 1 aromatic heterocycles. The van der Waals surface area contributed by atoms with Crippen molar-refractivity contribution in [3.8, 4) is 5.75 Å². The highest BCUT2D eigenvalue weighted by atomic mass is 16.5. The molecule has 0 saturated carbocycles. The van der Waals surface area contributed by atoms with Crippen molar-refractivity contribution >= 4 is 16.9 Å². The van der Waals surface area contributed by atoms with Crippen LogP contribution in [0.15, 0.2) is 72.8 Å². The Hall–Kier alpha value is -3.67. The van der Waals surface area contributed by atoms with Gasteiger partial charge in [-0.25, -0.2) is 4.68 Å². The number of methoxy groups -OCH3 is 1. The molecule has 0 bridgehead atoms. The van der Waals surface area contributed by atoms with Crippen LogP contribution < -0.4 is 4.74 Å². The molecular weight excluding hydrogens is 412 g/mol. The van der Waals surface area contributed by atoms with Gasteiger partial charge in [0.2, 0.25) is 0 Å². The first-order chi connectivity index (χ1) is 16.2. The molecule has 3 aromatic carbocycles. The molecule has 0 spiro atoms. The summed E-state index contributed by atoms with van der Waals surface area (Å²) in [5.41, 5.74) is 4.84. The van der Waals surface area contributed by atoms with Crippen LogP contribution >= 0.6 is 0 Å². The molecule has 0 aliphatic carbocycles. The number of fused-ring (bicyclic) bond motifs is 1. The van der Waals surface area contributed by atoms with E-state index in [0.29, 0.717) is 18.0 Å². The lowest BCUT2D eigenvalue weighted by Gasteiger charge is -2.32. The van der Waals surface area contributed by atoms with Crippen LogP contribution in [0.1, 0.15) is 34.3 Å². The molecular formula is C27H28N4O2. The van der Waals surface area contributed by atoms with Crippen molar-refractivity contribution in [1.29, 1.82) is 0 Å². The minimum Gasteiger partial charge on any atom is -0.497 e. The van der Waals surface area contributed by atoms with E-state index in [9.17, 15) is 4.79 Å². The summed E-state index contributed by atoms with van der Waals surface area (Å²) >= 11 is 0. The zero-order chi connectivity index (χ0) is 22.6. The Labute approximate surface area is 193 Å². The van der Waals surface area contributed by atoms with E-state index in [0.717, 1.165) is 54.7 Å². The molecule has 1 aliphatic rings. The van der Waals surface area contributed by atoms with E-state index in [1.807, 2.05) is 52.0 Å². The van der Waals surface area contributed by atoms with Crippen molar-refractivity contribution in [2.75, 3.05) is 20.2 Å². The molecule has 0 N–H and O–H groups in total. The summed E-state index contributed by atoms with van der Waals surface area (Å²) < 4.78 is 7.08. The zero-order valence-corrected chi connectivity index (χ0v) is 18.9. The van der Waals surface area contributed by atoms with Crippen molar-refractivity contribution in [2.45, 2.75) is 25.8 Å². The molecule has 1 aliphatic heterocycles. The van der Waals surface area contributed by atoms with Gasteiger partial charge in [0.25, 0.3) is 5.91 Å². The van der Waals surface area contributed by atoms with Crippen LogP contribution in [0.3, 0.4) is 0 Å². The summed E-state index contributed by atoms with van der Waals surface area (Å²) in [5, 5.41) is 8.62. The quantitative estimate of drug-likeness (QED) is 0.440. The number of ether oxygens (including phenoxy) is 1. The first-order valence-corrected chi connectivity index (χ1v) is 11.5. The standard InChI is InChI=1S/C27H28N4O2/c1-33-24-10-7-22(8-11-24)19-31-26-12-9-23(18-25(26)28-29-31)27(32)30-15-13-21(14-16-30)17-20-5-3-2-4-6-20/h2-12,18,21H,13-17,19H2,1H3. The van der Waals surface area contributed by atoms with Crippen LogP contribution in [-0.2, 0) is 13.0 Å². The number of benzene rings is 3. The van der Waals surface area contributed by atoms with Gasteiger partial charge in [-0.3, -0.25) is 4.79 Å². The lowest BCUT2D eigenvalue weighted by Crippen LogP contribution is -2.38. The third kappa shape index (κ3) is 4.75. The van der Waals surface area contributed by atoms with Crippen LogP contribution in [0, 0.1) is 5.92 Å². The molecule has 0 unspecified atom stereocenters. The maximum atomic E-state index is 13.1. The maximum Gasteiger partial charge on any atom is 0.253 e. The zero-order valence-electron chi connectivity index (χ0n) is 18.9. The predicted octanol–water partition coefficient (Wildman–Crippen LogP) is 4.58. The van der Waals surface area contributed by atoms with E-state index in [1.165, 1.54) is 5.56 Å². The lowest BCUT2D eigenvalue weighted by molar-refractivity contribution is 0.0690. The molecule has 0 radical (unpaired) electrons. The predicted molar refractivity (Wildman–Crippen MR) is 128 cm³/mol. The second kappa shape index (κ2) is 9.45. The van der Waals surface area contributed by atoms with Gasteiger partial charge in [-0.2, -0.15) is 0 Å². The Kier molecular flexibility index (Phi) is 6.07. The molecule has 0 atom stereocenters. The first-order valence-electron chi connectivity index (χ1n) is 11.5. The van der Waals surface area contributed by atoms with Gasteiger partial charge in [0.05, 0.1) is 19.2 Å². The van der Waals surface area contributed by atoms with E-state index in [1.54, 1.807) is 7.11 Å². The Morgan fingerprint density at radius 3 is 2.45 bits per heavy atom. The van der Waals surface area contributed by atoms with Gasteiger partial charge in [0.15, 0.2) is 0 Å². The number of carbonyl (C=O) groups is 1. The smallest absolute Gasteiger partial charge is 0.253 e. The lowest BCUT2D eigenvalue weighted by atomic mass is 9.90. The summed E-state index contributed by atoms with van der Waals surface area (Å²) in [4.78, 5) is 15.1. The van der Waals surface area contributed by atoms with Crippen LogP contribution in [0.25, 0.3) is 11.0 Å². The number of amides is 1. The fourth-order valence-electron chi connectivity index (χ4n) is 4.60. The van der Waals surface area contributed by atoms with Crippen molar-refractivity contribution in [3.05, 3.63) is 89.5 Å². The minimum atomic E-state index is 0.0831. The average Bonchev–Trinajstić information content (AvgIpc) is 3.27. The Bertz CT molecular complexity index is 1230. The molecule has 1 saturated heterocycles. The van der Waals surface area contributed by atoms with Crippen molar-refractivity contribution in [1.82, 2.24) is 19.9 Å². The largest absolute Gasteiger partial charge is 0.497 e. The van der Waals surface area contributed by atoms with Gasteiger partial charge < -0.3 is 9.64 Å². The van der Waals surface area contributed by atoms with Crippen LogP contribution in [-0.4, -0.2) is 46.0 Å². The molecule has 4 aromatic rings. The highest BCUT2D eigenvalue weighted by Gasteiger charge is 2.24. The fourth-order valence-corrected chi connectivity index (χ4v) is 4.60. The number of piperidine rings is 1. The third-order valence-corrected chi connectivity index (χ3v) is 6.52. The SMILES string of the molecule is COc1ccc(Cn2nnc3cc(C(=O)N4CCC(Cc5ccccc5)CC4)ccc32)cc1. The van der Waals surface area contributed by atoms with Gasteiger partial charge in [0.1, 0.15) is 11.3 Å². The van der Waals surface area contributed by atoms with Gasteiger partial charge in [-0.05, 0) is 66.6 Å². The van der Waals surface area contributed by atoms with E-state index < -0.39 is 0 Å². The minimum absolute atomic E-state index is 0.0831. The van der Waals surface area contributed by atoms with E-state index in [4.69, 9.17) is 4.74 Å². The molecule has 1 amide bonds. The molecule has 1 fully saturated rings. The Morgan fingerprint density at radius 2 is 1.73 bits per heavy atom. The number of hydrogen-bond donors (Lipinski definition) is 0. The van der Waals surface area contributed by atoms with Crippen molar-refractivity contribution in [3.63, 3.8) is 0 Å². The molecule has 6 heteroatoms. The van der Waals surface area contributed by atoms with Gasteiger partial charge in [0, 0.05) is 18.7 Å². The first kappa shape index (κ1) is 21.2. The topological polar surface area (TPSA) is 60.2 Å². The molecule has 2 heterocycles. The van der Waals surface area contributed by atoms with E-state index >= 15 is 0 Å².